The Bertz CT molecular complexity index is 905. The van der Waals surface area contributed by atoms with Crippen molar-refractivity contribution < 1.29 is 0 Å². The van der Waals surface area contributed by atoms with Crippen LogP contribution < -0.4 is 5.56 Å². The van der Waals surface area contributed by atoms with Crippen molar-refractivity contribution in [1.29, 1.82) is 0 Å². The van der Waals surface area contributed by atoms with E-state index in [2.05, 4.69) is 44.0 Å². The van der Waals surface area contributed by atoms with E-state index in [1.54, 1.807) is 22.7 Å². The number of likely N-dealkylation sites (N-methyl/N-ethyl adjacent to an activating group) is 1. The van der Waals surface area contributed by atoms with Crippen LogP contribution in [0.25, 0.3) is 20.7 Å². The topological polar surface area (TPSA) is 38.1 Å². The maximum atomic E-state index is 13.3. The molecular weight excluding hydrogens is 350 g/mol. The van der Waals surface area contributed by atoms with Crippen molar-refractivity contribution in [3.05, 3.63) is 38.6 Å². The Balaban J connectivity index is 2.15. The van der Waals surface area contributed by atoms with Crippen molar-refractivity contribution in [2.45, 2.75) is 40.7 Å². The number of hydrogen-bond acceptors (Lipinski definition) is 5. The summed E-state index contributed by atoms with van der Waals surface area (Å²) in [4.78, 5) is 23.7. The summed E-state index contributed by atoms with van der Waals surface area (Å²) in [5.74, 6) is 0.892. The Morgan fingerprint density at radius 3 is 2.60 bits per heavy atom. The minimum atomic E-state index is 0.113. The fourth-order valence-corrected chi connectivity index (χ4v) is 5.18. The second-order valence-corrected chi connectivity index (χ2v) is 8.21. The maximum absolute atomic E-state index is 13.3. The van der Waals surface area contributed by atoms with Crippen LogP contribution in [0.2, 0.25) is 0 Å². The molecule has 4 nitrogen and oxygen atoms in total. The Hall–Kier alpha value is -1.50. The van der Waals surface area contributed by atoms with Gasteiger partial charge in [0.05, 0.1) is 5.39 Å². The van der Waals surface area contributed by atoms with Crippen LogP contribution in [-0.4, -0.2) is 34.1 Å². The number of rotatable bonds is 7. The summed E-state index contributed by atoms with van der Waals surface area (Å²) in [6.45, 7) is 12.1. The highest BCUT2D eigenvalue weighted by atomic mass is 32.1. The van der Waals surface area contributed by atoms with Gasteiger partial charge in [-0.15, -0.1) is 22.7 Å². The van der Waals surface area contributed by atoms with Crippen molar-refractivity contribution >= 4 is 32.9 Å². The van der Waals surface area contributed by atoms with Gasteiger partial charge in [0, 0.05) is 34.8 Å². The average molecular weight is 376 g/mol. The van der Waals surface area contributed by atoms with E-state index in [4.69, 9.17) is 4.98 Å². The molecule has 0 aromatic carbocycles. The third-order valence-electron chi connectivity index (χ3n) is 4.68. The standard InChI is InChI=1S/C19H25N3OS2/c1-5-15-20-18-17(16(13(4)25-18)14-9-8-12-24-14)19(23)22(15)11-10-21(6-2)7-3/h8-9,12H,5-7,10-11H2,1-4H3. The van der Waals surface area contributed by atoms with Gasteiger partial charge in [0.25, 0.3) is 5.56 Å². The number of nitrogens with zero attached hydrogens (tertiary/aromatic N) is 3. The van der Waals surface area contributed by atoms with E-state index in [9.17, 15) is 4.79 Å². The second kappa shape index (κ2) is 7.81. The molecule has 3 heterocycles. The molecule has 0 radical (unpaired) electrons. The highest BCUT2D eigenvalue weighted by Crippen LogP contribution is 2.37. The van der Waals surface area contributed by atoms with Crippen LogP contribution in [0.3, 0.4) is 0 Å². The molecule has 0 saturated heterocycles. The predicted octanol–water partition coefficient (Wildman–Crippen LogP) is 4.40. The van der Waals surface area contributed by atoms with Crippen LogP contribution in [0.5, 0.6) is 0 Å². The molecule has 25 heavy (non-hydrogen) atoms. The molecule has 0 aliphatic heterocycles. The van der Waals surface area contributed by atoms with Gasteiger partial charge in [0.15, 0.2) is 0 Å². The number of hydrogen-bond donors (Lipinski definition) is 0. The molecule has 0 unspecified atom stereocenters. The highest BCUT2D eigenvalue weighted by molar-refractivity contribution is 7.20. The summed E-state index contributed by atoms with van der Waals surface area (Å²) in [6.07, 6.45) is 0.773. The van der Waals surface area contributed by atoms with Crippen LogP contribution in [-0.2, 0) is 13.0 Å². The van der Waals surface area contributed by atoms with Crippen LogP contribution in [0.1, 0.15) is 31.5 Å². The zero-order valence-electron chi connectivity index (χ0n) is 15.3. The smallest absolute Gasteiger partial charge is 0.262 e. The van der Waals surface area contributed by atoms with Gasteiger partial charge in [-0.2, -0.15) is 0 Å². The summed E-state index contributed by atoms with van der Waals surface area (Å²) in [7, 11) is 0. The molecule has 0 atom stereocenters. The lowest BCUT2D eigenvalue weighted by Crippen LogP contribution is -2.33. The fourth-order valence-electron chi connectivity index (χ4n) is 3.24. The van der Waals surface area contributed by atoms with Crippen LogP contribution in [0.15, 0.2) is 22.3 Å². The molecule has 0 fully saturated rings. The normalized spacial score (nSPS) is 11.7. The molecule has 0 aliphatic carbocycles. The SMILES string of the molecule is CCc1nc2sc(C)c(-c3cccs3)c2c(=O)n1CCN(CC)CC. The lowest BCUT2D eigenvalue weighted by atomic mass is 10.1. The molecule has 0 bridgehead atoms. The number of aryl methyl sites for hydroxylation is 2. The molecule has 134 valence electrons. The van der Waals surface area contributed by atoms with Gasteiger partial charge in [-0.05, 0) is 31.5 Å². The molecular formula is C19H25N3OS2. The van der Waals surface area contributed by atoms with E-state index in [-0.39, 0.29) is 5.56 Å². The van der Waals surface area contributed by atoms with Crippen molar-refractivity contribution in [2.75, 3.05) is 19.6 Å². The molecule has 0 aliphatic rings. The molecule has 3 aromatic rings. The number of thiophene rings is 2. The minimum Gasteiger partial charge on any atom is -0.302 e. The largest absolute Gasteiger partial charge is 0.302 e. The van der Waals surface area contributed by atoms with E-state index in [0.717, 1.165) is 52.5 Å². The fraction of sp³-hybridized carbons (Fsp3) is 0.474. The summed E-state index contributed by atoms with van der Waals surface area (Å²) in [5, 5.41) is 2.85. The molecule has 0 N–H and O–H groups in total. The Morgan fingerprint density at radius 2 is 2.00 bits per heavy atom. The molecule has 3 aromatic heterocycles. The van der Waals surface area contributed by atoms with Crippen molar-refractivity contribution in [3.63, 3.8) is 0 Å². The molecule has 0 saturated carbocycles. The van der Waals surface area contributed by atoms with E-state index in [1.807, 2.05) is 10.6 Å². The van der Waals surface area contributed by atoms with Gasteiger partial charge in [-0.3, -0.25) is 9.36 Å². The number of fused-ring (bicyclic) bond motifs is 1. The van der Waals surface area contributed by atoms with Gasteiger partial charge in [-0.1, -0.05) is 26.8 Å². The van der Waals surface area contributed by atoms with Gasteiger partial charge >= 0.3 is 0 Å². The number of aromatic nitrogens is 2. The lowest BCUT2D eigenvalue weighted by Gasteiger charge is -2.19. The Kier molecular flexibility index (Phi) is 5.71. The zero-order chi connectivity index (χ0) is 18.0. The van der Waals surface area contributed by atoms with Gasteiger partial charge in [-0.25, -0.2) is 4.98 Å². The zero-order valence-corrected chi connectivity index (χ0v) is 17.0. The van der Waals surface area contributed by atoms with Crippen molar-refractivity contribution in [3.8, 4) is 10.4 Å². The Morgan fingerprint density at radius 1 is 1.24 bits per heavy atom. The van der Waals surface area contributed by atoms with E-state index in [1.165, 1.54) is 4.88 Å². The minimum absolute atomic E-state index is 0.113. The molecule has 3 rings (SSSR count). The maximum Gasteiger partial charge on any atom is 0.262 e. The second-order valence-electron chi connectivity index (χ2n) is 6.06. The summed E-state index contributed by atoms with van der Waals surface area (Å²) in [6, 6.07) is 4.13. The first kappa shape index (κ1) is 18.3. The van der Waals surface area contributed by atoms with Crippen molar-refractivity contribution in [1.82, 2.24) is 14.5 Å². The van der Waals surface area contributed by atoms with E-state index in [0.29, 0.717) is 6.54 Å². The van der Waals surface area contributed by atoms with Crippen LogP contribution in [0, 0.1) is 6.92 Å². The first-order valence-corrected chi connectivity index (χ1v) is 10.6. The van der Waals surface area contributed by atoms with Gasteiger partial charge in [0.1, 0.15) is 10.7 Å². The summed E-state index contributed by atoms with van der Waals surface area (Å²) >= 11 is 3.32. The first-order chi connectivity index (χ1) is 12.1. The summed E-state index contributed by atoms with van der Waals surface area (Å²) in [5.41, 5.74) is 1.19. The third kappa shape index (κ3) is 3.43. The monoisotopic (exact) mass is 375 g/mol. The molecule has 6 heteroatoms. The molecule has 0 amide bonds. The predicted molar refractivity (Wildman–Crippen MR) is 109 cm³/mol. The summed E-state index contributed by atoms with van der Waals surface area (Å²) < 4.78 is 1.89. The van der Waals surface area contributed by atoms with Crippen LogP contribution in [0.4, 0.5) is 0 Å². The van der Waals surface area contributed by atoms with Crippen LogP contribution >= 0.6 is 22.7 Å². The van der Waals surface area contributed by atoms with E-state index < -0.39 is 0 Å². The highest BCUT2D eigenvalue weighted by Gasteiger charge is 2.19. The van der Waals surface area contributed by atoms with Crippen molar-refractivity contribution in [2.24, 2.45) is 0 Å². The Labute approximate surface area is 156 Å². The quantitative estimate of drug-likeness (QED) is 0.614. The van der Waals surface area contributed by atoms with E-state index >= 15 is 0 Å². The lowest BCUT2D eigenvalue weighted by molar-refractivity contribution is 0.287. The first-order valence-electron chi connectivity index (χ1n) is 8.89. The average Bonchev–Trinajstić information content (AvgIpc) is 3.24. The van der Waals surface area contributed by atoms with Gasteiger partial charge < -0.3 is 4.90 Å². The third-order valence-corrected chi connectivity index (χ3v) is 6.57. The van der Waals surface area contributed by atoms with Gasteiger partial charge in [0.2, 0.25) is 0 Å². The molecule has 0 spiro atoms.